The first-order valence-electron chi connectivity index (χ1n) is 5.07. The first kappa shape index (κ1) is 13.8. The first-order chi connectivity index (χ1) is 6.52. The fourth-order valence-corrected chi connectivity index (χ4v) is 1.21. The van der Waals surface area contributed by atoms with Crippen molar-refractivity contribution in [3.63, 3.8) is 0 Å². The van der Waals surface area contributed by atoms with E-state index in [2.05, 4.69) is 18.7 Å². The average molecular weight is 218 g/mol. The molecule has 4 heteroatoms. The molecule has 0 aliphatic heterocycles. The second-order valence-electron chi connectivity index (χ2n) is 4.00. The quantitative estimate of drug-likeness (QED) is 0.492. The van der Waals surface area contributed by atoms with Crippen LogP contribution in [0.1, 0.15) is 20.3 Å². The highest BCUT2D eigenvalue weighted by atomic mass is 32.1. The van der Waals surface area contributed by atoms with Gasteiger partial charge in [0.2, 0.25) is 0 Å². The van der Waals surface area contributed by atoms with E-state index in [1.807, 2.05) is 7.05 Å². The van der Waals surface area contributed by atoms with Crippen LogP contribution in [0.3, 0.4) is 0 Å². The molecule has 14 heavy (non-hydrogen) atoms. The minimum atomic E-state index is 0.537. The normalized spacial score (nSPS) is 11.2. The Bertz CT molecular complexity index is 162. The van der Waals surface area contributed by atoms with E-state index in [0.717, 1.165) is 26.2 Å². The fourth-order valence-electron chi connectivity index (χ4n) is 0.987. The molecule has 0 aliphatic carbocycles. The van der Waals surface area contributed by atoms with E-state index < -0.39 is 0 Å². The Balaban J connectivity index is 3.23. The number of hydrogen-bond acceptors (Lipinski definition) is 3. The number of thiocarbonyl (C=S) groups is 1. The summed E-state index contributed by atoms with van der Waals surface area (Å²) in [6.07, 6.45) is 1.12. The Hall–Kier alpha value is -0.190. The highest BCUT2D eigenvalue weighted by molar-refractivity contribution is 7.80. The molecule has 0 aliphatic rings. The third-order valence-electron chi connectivity index (χ3n) is 1.88. The van der Waals surface area contributed by atoms with Crippen LogP contribution >= 0.6 is 12.2 Å². The lowest BCUT2D eigenvalue weighted by Gasteiger charge is -2.15. The van der Waals surface area contributed by atoms with Crippen LogP contribution in [0.4, 0.5) is 0 Å². The second kappa shape index (κ2) is 8.15. The van der Waals surface area contributed by atoms with Crippen molar-refractivity contribution in [3.8, 4) is 0 Å². The summed E-state index contributed by atoms with van der Waals surface area (Å²) >= 11 is 4.80. The van der Waals surface area contributed by atoms with Gasteiger partial charge in [-0.15, -0.1) is 0 Å². The zero-order valence-electron chi connectivity index (χ0n) is 9.45. The summed E-state index contributed by atoms with van der Waals surface area (Å²) in [6, 6.07) is 0. The van der Waals surface area contributed by atoms with E-state index in [9.17, 15) is 0 Å². The third kappa shape index (κ3) is 9.89. The minimum absolute atomic E-state index is 0.537. The Labute approximate surface area is 92.6 Å². The number of nitrogens with two attached hydrogens (primary N) is 1. The van der Waals surface area contributed by atoms with E-state index in [4.69, 9.17) is 22.7 Å². The highest BCUT2D eigenvalue weighted by Gasteiger charge is 1.99. The summed E-state index contributed by atoms with van der Waals surface area (Å²) in [7, 11) is 1.99. The van der Waals surface area contributed by atoms with Crippen molar-refractivity contribution >= 4 is 17.2 Å². The highest BCUT2D eigenvalue weighted by Crippen LogP contribution is 1.98. The molecule has 0 saturated heterocycles. The SMILES string of the molecule is CC(C)CCOCCN(C)CC(N)=S. The van der Waals surface area contributed by atoms with Gasteiger partial charge in [-0.25, -0.2) is 0 Å². The van der Waals surface area contributed by atoms with Crippen LogP contribution in [0.2, 0.25) is 0 Å². The molecule has 0 atom stereocenters. The molecule has 0 spiro atoms. The summed E-state index contributed by atoms with van der Waals surface area (Å²) in [5.74, 6) is 0.712. The standard InChI is InChI=1S/C10H22N2OS/c1-9(2)4-6-13-7-5-12(3)8-10(11)14/h9H,4-8H2,1-3H3,(H2,11,14). The second-order valence-corrected chi connectivity index (χ2v) is 4.52. The van der Waals surface area contributed by atoms with Crippen molar-refractivity contribution < 1.29 is 4.74 Å². The van der Waals surface area contributed by atoms with Crippen molar-refractivity contribution in [3.05, 3.63) is 0 Å². The molecule has 84 valence electrons. The Morgan fingerprint density at radius 3 is 2.57 bits per heavy atom. The Morgan fingerprint density at radius 1 is 1.43 bits per heavy atom. The topological polar surface area (TPSA) is 38.5 Å². The van der Waals surface area contributed by atoms with Crippen LogP contribution in [0.5, 0.6) is 0 Å². The van der Waals surface area contributed by atoms with Crippen LogP contribution in [0.15, 0.2) is 0 Å². The molecular formula is C10H22N2OS. The molecule has 0 radical (unpaired) electrons. The number of ether oxygens (including phenoxy) is 1. The summed E-state index contributed by atoms with van der Waals surface area (Å²) in [6.45, 7) is 7.55. The molecule has 0 amide bonds. The van der Waals surface area contributed by atoms with Crippen molar-refractivity contribution in [1.82, 2.24) is 4.90 Å². The number of likely N-dealkylation sites (N-methyl/N-ethyl adjacent to an activating group) is 1. The van der Waals surface area contributed by atoms with E-state index in [-0.39, 0.29) is 0 Å². The zero-order chi connectivity index (χ0) is 11.0. The number of rotatable bonds is 8. The van der Waals surface area contributed by atoms with Crippen molar-refractivity contribution in [2.24, 2.45) is 11.7 Å². The molecule has 0 aromatic heterocycles. The van der Waals surface area contributed by atoms with Crippen molar-refractivity contribution in [1.29, 1.82) is 0 Å². The summed E-state index contributed by atoms with van der Waals surface area (Å²) < 4.78 is 5.47. The fraction of sp³-hybridized carbons (Fsp3) is 0.900. The maximum atomic E-state index is 5.47. The molecule has 3 nitrogen and oxygen atoms in total. The molecule has 0 heterocycles. The third-order valence-corrected chi connectivity index (χ3v) is 2.01. The predicted octanol–water partition coefficient (Wildman–Crippen LogP) is 1.27. The number of hydrogen-bond donors (Lipinski definition) is 1. The predicted molar refractivity (Wildman–Crippen MR) is 64.6 cm³/mol. The molecule has 0 rings (SSSR count). The molecule has 0 unspecified atom stereocenters. The van der Waals surface area contributed by atoms with Gasteiger partial charge >= 0.3 is 0 Å². The molecule has 0 aromatic rings. The van der Waals surface area contributed by atoms with Gasteiger partial charge in [0.15, 0.2) is 0 Å². The Morgan fingerprint density at radius 2 is 2.07 bits per heavy atom. The van der Waals surface area contributed by atoms with Gasteiger partial charge in [-0.3, -0.25) is 4.90 Å². The van der Waals surface area contributed by atoms with E-state index in [0.29, 0.717) is 17.5 Å². The average Bonchev–Trinajstić information content (AvgIpc) is 2.01. The molecule has 0 fully saturated rings. The monoisotopic (exact) mass is 218 g/mol. The largest absolute Gasteiger partial charge is 0.392 e. The van der Waals surface area contributed by atoms with Gasteiger partial charge in [-0.05, 0) is 19.4 Å². The molecule has 2 N–H and O–H groups in total. The lowest BCUT2D eigenvalue weighted by Crippen LogP contribution is -2.32. The van der Waals surface area contributed by atoms with Gasteiger partial charge in [0.25, 0.3) is 0 Å². The molecule has 0 aromatic carbocycles. The van der Waals surface area contributed by atoms with Crippen LogP contribution < -0.4 is 5.73 Å². The van der Waals surface area contributed by atoms with Crippen LogP contribution in [-0.4, -0.2) is 43.2 Å². The van der Waals surface area contributed by atoms with Gasteiger partial charge in [0.1, 0.15) is 0 Å². The smallest absolute Gasteiger partial charge is 0.0869 e. The molecule has 0 bridgehead atoms. The first-order valence-corrected chi connectivity index (χ1v) is 5.47. The summed E-state index contributed by atoms with van der Waals surface area (Å²) in [5, 5.41) is 0. The molecule has 0 saturated carbocycles. The van der Waals surface area contributed by atoms with Crippen molar-refractivity contribution in [2.75, 3.05) is 33.4 Å². The summed E-state index contributed by atoms with van der Waals surface area (Å²) in [4.78, 5) is 2.60. The minimum Gasteiger partial charge on any atom is -0.392 e. The van der Waals surface area contributed by atoms with Crippen LogP contribution in [0.25, 0.3) is 0 Å². The van der Waals surface area contributed by atoms with Gasteiger partial charge < -0.3 is 10.5 Å². The van der Waals surface area contributed by atoms with Gasteiger partial charge in [-0.1, -0.05) is 26.1 Å². The molecular weight excluding hydrogens is 196 g/mol. The van der Waals surface area contributed by atoms with Gasteiger partial charge in [0, 0.05) is 19.7 Å². The van der Waals surface area contributed by atoms with Crippen LogP contribution in [0, 0.1) is 5.92 Å². The maximum absolute atomic E-state index is 5.47. The van der Waals surface area contributed by atoms with E-state index in [1.54, 1.807) is 0 Å². The van der Waals surface area contributed by atoms with Crippen molar-refractivity contribution in [2.45, 2.75) is 20.3 Å². The lowest BCUT2D eigenvalue weighted by atomic mass is 10.1. The zero-order valence-corrected chi connectivity index (χ0v) is 10.3. The van der Waals surface area contributed by atoms with Gasteiger partial charge in [-0.2, -0.15) is 0 Å². The van der Waals surface area contributed by atoms with E-state index in [1.165, 1.54) is 0 Å². The maximum Gasteiger partial charge on any atom is 0.0869 e. The lowest BCUT2D eigenvalue weighted by molar-refractivity contribution is 0.106. The van der Waals surface area contributed by atoms with Crippen LogP contribution in [-0.2, 0) is 4.74 Å². The van der Waals surface area contributed by atoms with Gasteiger partial charge in [0.05, 0.1) is 11.6 Å². The van der Waals surface area contributed by atoms with E-state index >= 15 is 0 Å². The summed E-state index contributed by atoms with van der Waals surface area (Å²) in [5.41, 5.74) is 5.41. The Kier molecular flexibility index (Phi) is 8.04. The number of nitrogens with zero attached hydrogens (tertiary/aromatic N) is 1.